The molecule has 1 aromatic carbocycles. The standard InChI is InChI=1S/C31H37FN6O3/c1-35-27-26(28(40)38(30(35)41)17-25(39)31-11-19-8-20(12-31)10-21(9-19)13-31)37(16-18-2-4-23(32)5-3-18)29(34-27)36-7-6-22-14-33-15-24(22)36/h2-5,19-22,24,33H,6-17H2,1H3. The highest BCUT2D eigenvalue weighted by molar-refractivity contribution is 5.85. The molecule has 2 aliphatic heterocycles. The summed E-state index contributed by atoms with van der Waals surface area (Å²) >= 11 is 0. The third-order valence-electron chi connectivity index (χ3n) is 11.1. The Balaban J connectivity index is 1.24. The number of rotatable bonds is 6. The van der Waals surface area contributed by atoms with E-state index in [-0.39, 0.29) is 24.2 Å². The molecule has 9 rings (SSSR count). The number of hydrogen-bond acceptors (Lipinski definition) is 6. The molecule has 1 N–H and O–H groups in total. The average Bonchev–Trinajstić information content (AvgIpc) is 3.65. The lowest BCUT2D eigenvalue weighted by Crippen LogP contribution is -2.52. The Morgan fingerprint density at radius 3 is 2.39 bits per heavy atom. The van der Waals surface area contributed by atoms with Crippen LogP contribution in [0.3, 0.4) is 0 Å². The lowest BCUT2D eigenvalue weighted by atomic mass is 9.48. The van der Waals surface area contributed by atoms with E-state index < -0.39 is 16.7 Å². The molecule has 2 atom stereocenters. The molecule has 9 nitrogen and oxygen atoms in total. The van der Waals surface area contributed by atoms with Gasteiger partial charge < -0.3 is 10.2 Å². The van der Waals surface area contributed by atoms with Gasteiger partial charge in [-0.2, -0.15) is 4.98 Å². The Morgan fingerprint density at radius 2 is 1.71 bits per heavy atom. The van der Waals surface area contributed by atoms with Gasteiger partial charge in [0.1, 0.15) is 5.82 Å². The summed E-state index contributed by atoms with van der Waals surface area (Å²) in [5.74, 6) is 2.67. The van der Waals surface area contributed by atoms with Gasteiger partial charge in [-0.25, -0.2) is 9.18 Å². The zero-order valence-electron chi connectivity index (χ0n) is 23.5. The van der Waals surface area contributed by atoms with Gasteiger partial charge in [-0.15, -0.1) is 0 Å². The summed E-state index contributed by atoms with van der Waals surface area (Å²) in [7, 11) is 1.64. The summed E-state index contributed by atoms with van der Waals surface area (Å²) in [6.07, 6.45) is 7.38. The van der Waals surface area contributed by atoms with Crippen molar-refractivity contribution in [3.63, 3.8) is 0 Å². The number of carbonyl (C=O) groups excluding carboxylic acids is 1. The van der Waals surface area contributed by atoms with Crippen LogP contribution in [0.15, 0.2) is 33.9 Å². The number of fused-ring (bicyclic) bond motifs is 2. The van der Waals surface area contributed by atoms with Crippen molar-refractivity contribution in [3.8, 4) is 0 Å². The van der Waals surface area contributed by atoms with Gasteiger partial charge in [0.05, 0.1) is 13.1 Å². The fourth-order valence-corrected chi connectivity index (χ4v) is 9.50. The number of nitrogens with zero attached hydrogens (tertiary/aromatic N) is 5. The quantitative estimate of drug-likeness (QED) is 0.498. The van der Waals surface area contributed by atoms with Gasteiger partial charge in [-0.1, -0.05) is 12.1 Å². The van der Waals surface area contributed by atoms with Crippen molar-refractivity contribution >= 4 is 22.9 Å². The van der Waals surface area contributed by atoms with Gasteiger partial charge in [-0.05, 0) is 86.3 Å². The Bertz CT molecular complexity index is 1630. The molecule has 4 heterocycles. The van der Waals surface area contributed by atoms with Gasteiger partial charge in [-0.3, -0.25) is 23.3 Å². The molecule has 6 fully saturated rings. The lowest BCUT2D eigenvalue weighted by molar-refractivity contribution is -0.144. The Hall–Kier alpha value is -3.27. The molecule has 4 saturated carbocycles. The van der Waals surface area contributed by atoms with Crippen LogP contribution in [0.25, 0.3) is 11.2 Å². The Labute approximate surface area is 237 Å². The van der Waals surface area contributed by atoms with Crippen molar-refractivity contribution in [2.24, 2.45) is 36.1 Å². The number of ketones is 1. The van der Waals surface area contributed by atoms with Crippen LogP contribution < -0.4 is 21.5 Å². The number of aromatic nitrogens is 4. The van der Waals surface area contributed by atoms with Gasteiger partial charge in [0.15, 0.2) is 16.9 Å². The number of Topliss-reactive ketones (excluding diaryl/α,β-unsaturated/α-hetero) is 1. The molecule has 0 amide bonds. The summed E-state index contributed by atoms with van der Waals surface area (Å²) in [6, 6.07) is 6.52. The second-order valence-electron chi connectivity index (χ2n) is 13.6. The highest BCUT2D eigenvalue weighted by Crippen LogP contribution is 2.60. The second kappa shape index (κ2) is 9.11. The minimum absolute atomic E-state index is 0.0411. The molecule has 3 aromatic rings. The summed E-state index contributed by atoms with van der Waals surface area (Å²) in [4.78, 5) is 49.0. The van der Waals surface area contributed by atoms with Gasteiger partial charge >= 0.3 is 5.69 Å². The predicted molar refractivity (Wildman–Crippen MR) is 152 cm³/mol. The minimum atomic E-state index is -0.500. The summed E-state index contributed by atoms with van der Waals surface area (Å²) in [6.45, 7) is 2.73. The molecule has 6 aliphatic rings. The number of aryl methyl sites for hydroxylation is 1. The molecule has 2 unspecified atom stereocenters. The highest BCUT2D eigenvalue weighted by atomic mass is 19.1. The SMILES string of the molecule is Cn1c(=O)n(CC(=O)C23CC4CC(CC(C4)C2)C3)c(=O)c2c1nc(N1CCC3CNCC31)n2Cc1ccc(F)cc1. The van der Waals surface area contributed by atoms with Gasteiger partial charge in [0, 0.05) is 38.1 Å². The van der Waals surface area contributed by atoms with Crippen LogP contribution in [0.5, 0.6) is 0 Å². The molecule has 0 radical (unpaired) electrons. The maximum absolute atomic E-state index is 14.2. The Kier molecular flexibility index (Phi) is 5.65. The molecular formula is C31H37FN6O3. The van der Waals surface area contributed by atoms with Gasteiger partial charge in [0.25, 0.3) is 5.56 Å². The van der Waals surface area contributed by atoms with E-state index in [1.165, 1.54) is 36.0 Å². The van der Waals surface area contributed by atoms with E-state index in [0.717, 1.165) is 55.4 Å². The highest BCUT2D eigenvalue weighted by Gasteiger charge is 2.54. The fraction of sp³-hybridized carbons (Fsp3) is 0.613. The van der Waals surface area contributed by atoms with Crippen LogP contribution in [0, 0.1) is 34.9 Å². The van der Waals surface area contributed by atoms with Crippen LogP contribution in [-0.2, 0) is 24.9 Å². The molecular weight excluding hydrogens is 523 g/mol. The number of hydrogen-bond donors (Lipinski definition) is 1. The zero-order chi connectivity index (χ0) is 28.0. The van der Waals surface area contributed by atoms with E-state index in [9.17, 15) is 18.8 Å². The minimum Gasteiger partial charge on any atom is -0.338 e. The number of anilines is 1. The first-order valence-electron chi connectivity index (χ1n) is 15.2. The predicted octanol–water partition coefficient (Wildman–Crippen LogP) is 2.67. The number of carbonyl (C=O) groups is 1. The first-order chi connectivity index (χ1) is 19.8. The van der Waals surface area contributed by atoms with E-state index in [1.54, 1.807) is 19.2 Å². The summed E-state index contributed by atoms with van der Waals surface area (Å²) in [5.41, 5.74) is 0.108. The number of nitrogens with one attached hydrogen (secondary N) is 1. The van der Waals surface area contributed by atoms with Crippen molar-refractivity contribution in [3.05, 3.63) is 56.5 Å². The zero-order valence-corrected chi connectivity index (χ0v) is 23.5. The van der Waals surface area contributed by atoms with Gasteiger partial charge in [0.2, 0.25) is 5.95 Å². The Morgan fingerprint density at radius 1 is 1.02 bits per heavy atom. The van der Waals surface area contributed by atoms with Crippen LogP contribution >= 0.6 is 0 Å². The summed E-state index contributed by atoms with van der Waals surface area (Å²) < 4.78 is 18.2. The lowest BCUT2D eigenvalue weighted by Gasteiger charge is -2.56. The maximum atomic E-state index is 14.2. The molecule has 4 aliphatic carbocycles. The molecule has 10 heteroatoms. The van der Waals surface area contributed by atoms with Crippen molar-refractivity contribution < 1.29 is 9.18 Å². The smallest absolute Gasteiger partial charge is 0.332 e. The van der Waals surface area contributed by atoms with Crippen LogP contribution in [0.4, 0.5) is 10.3 Å². The fourth-order valence-electron chi connectivity index (χ4n) is 9.50. The van der Waals surface area contributed by atoms with E-state index in [4.69, 9.17) is 4.98 Å². The third kappa shape index (κ3) is 3.89. The van der Waals surface area contributed by atoms with E-state index in [1.807, 2.05) is 4.57 Å². The second-order valence-corrected chi connectivity index (χ2v) is 13.6. The number of halogens is 1. The molecule has 216 valence electrons. The largest absolute Gasteiger partial charge is 0.338 e. The van der Waals surface area contributed by atoms with Crippen molar-refractivity contribution in [2.45, 2.75) is 64.1 Å². The summed E-state index contributed by atoms with van der Waals surface area (Å²) in [5, 5.41) is 3.47. The molecule has 0 spiro atoms. The van der Waals surface area contributed by atoms with Crippen molar-refractivity contribution in [1.29, 1.82) is 0 Å². The molecule has 2 saturated heterocycles. The van der Waals surface area contributed by atoms with Crippen LogP contribution in [0.1, 0.15) is 50.5 Å². The first-order valence-corrected chi connectivity index (χ1v) is 15.2. The monoisotopic (exact) mass is 560 g/mol. The van der Waals surface area contributed by atoms with E-state index >= 15 is 0 Å². The van der Waals surface area contributed by atoms with Crippen LogP contribution in [-0.4, -0.2) is 50.1 Å². The van der Waals surface area contributed by atoms with Crippen LogP contribution in [0.2, 0.25) is 0 Å². The van der Waals surface area contributed by atoms with Crippen molar-refractivity contribution in [1.82, 2.24) is 24.0 Å². The molecule has 2 aromatic heterocycles. The first kappa shape index (κ1) is 25.4. The van der Waals surface area contributed by atoms with E-state index in [0.29, 0.717) is 47.3 Å². The average molecular weight is 561 g/mol. The van der Waals surface area contributed by atoms with Crippen molar-refractivity contribution in [2.75, 3.05) is 24.5 Å². The number of imidazole rings is 1. The third-order valence-corrected chi connectivity index (χ3v) is 11.1. The maximum Gasteiger partial charge on any atom is 0.332 e. The number of benzene rings is 1. The molecule has 41 heavy (non-hydrogen) atoms. The molecule has 4 bridgehead atoms. The van der Waals surface area contributed by atoms with E-state index in [2.05, 4.69) is 10.2 Å². The normalized spacial score (nSPS) is 31.9. The topological polar surface area (TPSA) is 94.2 Å².